The van der Waals surface area contributed by atoms with Gasteiger partial charge in [-0.15, -0.1) is 0 Å². The van der Waals surface area contributed by atoms with E-state index in [1.165, 1.54) is 18.2 Å². The molecule has 2 atom stereocenters. The number of nitrogens with one attached hydrogen (secondary N) is 1. The summed E-state index contributed by atoms with van der Waals surface area (Å²) >= 11 is 0. The van der Waals surface area contributed by atoms with Gasteiger partial charge in [0, 0.05) is 29.7 Å². The monoisotopic (exact) mass is 414 g/mol. The van der Waals surface area contributed by atoms with Crippen molar-refractivity contribution in [3.63, 3.8) is 0 Å². The van der Waals surface area contributed by atoms with Crippen LogP contribution in [0.1, 0.15) is 34.1 Å². The van der Waals surface area contributed by atoms with Crippen LogP contribution in [-0.2, 0) is 9.59 Å². The smallest absolute Gasteiger partial charge is 0.308 e. The third-order valence-corrected chi connectivity index (χ3v) is 6.35. The van der Waals surface area contributed by atoms with Gasteiger partial charge in [0.15, 0.2) is 0 Å². The summed E-state index contributed by atoms with van der Waals surface area (Å²) in [4.78, 5) is 36.4. The molecule has 3 aromatic carbocycles. The molecule has 1 amide bonds. The number of nitro benzene ring substituents is 1. The fourth-order valence-corrected chi connectivity index (χ4v) is 5.21. The summed E-state index contributed by atoms with van der Waals surface area (Å²) in [6, 6.07) is 21.0. The molecule has 0 unspecified atom stereocenters. The molecule has 0 spiro atoms. The zero-order chi connectivity index (χ0) is 21.7. The molecule has 3 aliphatic rings. The Morgan fingerprint density at radius 3 is 1.81 bits per heavy atom. The van der Waals surface area contributed by atoms with Crippen molar-refractivity contribution in [2.24, 2.45) is 11.8 Å². The summed E-state index contributed by atoms with van der Waals surface area (Å²) in [6.07, 6.45) is 0. The van der Waals surface area contributed by atoms with Crippen molar-refractivity contribution < 1.29 is 19.6 Å². The first kappa shape index (κ1) is 19.0. The lowest BCUT2D eigenvalue weighted by molar-refractivity contribution is -0.384. The lowest BCUT2D eigenvalue weighted by Gasteiger charge is -2.48. The Hall–Kier alpha value is -4.00. The van der Waals surface area contributed by atoms with E-state index < -0.39 is 40.5 Å². The first-order valence-electron chi connectivity index (χ1n) is 9.93. The van der Waals surface area contributed by atoms with Gasteiger partial charge < -0.3 is 10.4 Å². The van der Waals surface area contributed by atoms with Gasteiger partial charge in [-0.2, -0.15) is 0 Å². The molecule has 0 aliphatic heterocycles. The number of fused-ring (bicyclic) bond motifs is 1. The summed E-state index contributed by atoms with van der Waals surface area (Å²) in [6.45, 7) is 0. The van der Waals surface area contributed by atoms with E-state index in [0.717, 1.165) is 22.3 Å². The van der Waals surface area contributed by atoms with E-state index in [0.29, 0.717) is 0 Å². The number of nitro groups is 1. The molecule has 0 heterocycles. The fourth-order valence-electron chi connectivity index (χ4n) is 5.21. The van der Waals surface area contributed by atoms with Gasteiger partial charge in [-0.05, 0) is 28.3 Å². The molecule has 0 saturated carbocycles. The largest absolute Gasteiger partial charge is 0.481 e. The molecule has 2 N–H and O–H groups in total. The predicted molar refractivity (Wildman–Crippen MR) is 113 cm³/mol. The number of carboxylic acid groups (broad SMARTS) is 1. The highest BCUT2D eigenvalue weighted by molar-refractivity contribution is 5.98. The maximum atomic E-state index is 13.4. The van der Waals surface area contributed by atoms with Crippen LogP contribution >= 0.6 is 0 Å². The number of anilines is 1. The second kappa shape index (κ2) is 7.05. The van der Waals surface area contributed by atoms with Crippen molar-refractivity contribution >= 4 is 23.3 Å². The minimum atomic E-state index is -1.03. The van der Waals surface area contributed by atoms with Crippen LogP contribution in [0.4, 0.5) is 11.4 Å². The molecule has 3 aromatic rings. The minimum Gasteiger partial charge on any atom is -0.481 e. The molecule has 2 bridgehead atoms. The number of non-ortho nitro benzene ring substituents is 1. The summed E-state index contributed by atoms with van der Waals surface area (Å²) in [5.74, 6) is -4.10. The van der Waals surface area contributed by atoms with E-state index in [1.54, 1.807) is 6.07 Å². The van der Waals surface area contributed by atoms with Gasteiger partial charge in [0.05, 0.1) is 16.8 Å². The predicted octanol–water partition coefficient (Wildman–Crippen LogP) is 4.14. The number of carboxylic acids is 1. The lowest BCUT2D eigenvalue weighted by Crippen LogP contribution is -2.48. The topological polar surface area (TPSA) is 110 Å². The average Bonchev–Trinajstić information content (AvgIpc) is 2.78. The molecule has 0 radical (unpaired) electrons. The standard InChI is InChI=1S/C24H18N2O5/c27-23(25-13-6-5-7-14(12-13)26(30)31)21-19-15-8-1-3-10-17(15)20(22(21)24(28)29)18-11-4-2-9-16(18)19/h1-12,19-22H,(H,25,27)(H,28,29)/t19?,20?,21-,22+/m0/s1. The first-order chi connectivity index (χ1) is 15.0. The Labute approximate surface area is 177 Å². The lowest BCUT2D eigenvalue weighted by atomic mass is 9.54. The van der Waals surface area contributed by atoms with Gasteiger partial charge in [-0.3, -0.25) is 19.7 Å². The van der Waals surface area contributed by atoms with Gasteiger partial charge >= 0.3 is 5.97 Å². The Balaban J connectivity index is 1.61. The van der Waals surface area contributed by atoms with Crippen molar-refractivity contribution in [1.29, 1.82) is 0 Å². The van der Waals surface area contributed by atoms with E-state index in [2.05, 4.69) is 5.32 Å². The number of rotatable bonds is 4. The van der Waals surface area contributed by atoms with E-state index in [-0.39, 0.29) is 11.4 Å². The number of hydrogen-bond acceptors (Lipinski definition) is 4. The highest BCUT2D eigenvalue weighted by Crippen LogP contribution is 2.58. The van der Waals surface area contributed by atoms with Crippen LogP contribution < -0.4 is 5.32 Å². The first-order valence-corrected chi connectivity index (χ1v) is 9.93. The molecule has 154 valence electrons. The number of amides is 1. The number of nitrogens with zero attached hydrogens (tertiary/aromatic N) is 1. The van der Waals surface area contributed by atoms with Crippen molar-refractivity contribution in [2.45, 2.75) is 11.8 Å². The summed E-state index contributed by atoms with van der Waals surface area (Å²) < 4.78 is 0. The number of benzene rings is 3. The van der Waals surface area contributed by atoms with Crippen LogP contribution in [0.15, 0.2) is 72.8 Å². The van der Waals surface area contributed by atoms with Crippen LogP contribution in [-0.4, -0.2) is 21.9 Å². The van der Waals surface area contributed by atoms with Crippen molar-refractivity contribution in [1.82, 2.24) is 0 Å². The molecular weight excluding hydrogens is 396 g/mol. The molecule has 31 heavy (non-hydrogen) atoms. The molecule has 0 aromatic heterocycles. The van der Waals surface area contributed by atoms with Crippen LogP contribution in [0.25, 0.3) is 0 Å². The maximum Gasteiger partial charge on any atom is 0.308 e. The van der Waals surface area contributed by atoms with Gasteiger partial charge in [0.25, 0.3) is 5.69 Å². The molecule has 0 fully saturated rings. The SMILES string of the molecule is O=C(O)[C@@H]1C2c3ccccc3C(c3ccccc32)[C@@H]1C(=O)Nc1cccc([N+](=O)[O-])c1. The third kappa shape index (κ3) is 2.89. The minimum absolute atomic E-state index is 0.145. The fraction of sp³-hybridized carbons (Fsp3) is 0.167. The number of carbonyl (C=O) groups excluding carboxylic acids is 1. The van der Waals surface area contributed by atoms with Crippen molar-refractivity contribution in [3.8, 4) is 0 Å². The zero-order valence-electron chi connectivity index (χ0n) is 16.3. The molecular formula is C24H18N2O5. The van der Waals surface area contributed by atoms with E-state index in [4.69, 9.17) is 0 Å². The number of aliphatic carboxylic acids is 1. The summed E-state index contributed by atoms with van der Waals surface area (Å²) in [7, 11) is 0. The van der Waals surface area contributed by atoms with E-state index in [9.17, 15) is 24.8 Å². The molecule has 3 aliphatic carbocycles. The normalized spacial score (nSPS) is 22.8. The van der Waals surface area contributed by atoms with Crippen molar-refractivity contribution in [3.05, 3.63) is 105 Å². The van der Waals surface area contributed by atoms with Crippen LogP contribution in [0.5, 0.6) is 0 Å². The average molecular weight is 414 g/mol. The van der Waals surface area contributed by atoms with Crippen LogP contribution in [0, 0.1) is 22.0 Å². The summed E-state index contributed by atoms with van der Waals surface area (Å²) in [5.41, 5.74) is 3.93. The quantitative estimate of drug-likeness (QED) is 0.493. The van der Waals surface area contributed by atoms with E-state index >= 15 is 0 Å². The van der Waals surface area contributed by atoms with E-state index in [1.807, 2.05) is 48.5 Å². The van der Waals surface area contributed by atoms with Gasteiger partial charge in [0.2, 0.25) is 5.91 Å². The second-order valence-electron chi connectivity index (χ2n) is 7.90. The highest BCUT2D eigenvalue weighted by atomic mass is 16.6. The Kier molecular flexibility index (Phi) is 4.32. The number of carbonyl (C=O) groups is 2. The highest BCUT2D eigenvalue weighted by Gasteiger charge is 2.55. The molecule has 0 saturated heterocycles. The Morgan fingerprint density at radius 2 is 1.32 bits per heavy atom. The molecule has 7 heteroatoms. The number of hydrogen-bond donors (Lipinski definition) is 2. The molecule has 7 nitrogen and oxygen atoms in total. The Morgan fingerprint density at radius 1 is 0.806 bits per heavy atom. The zero-order valence-corrected chi connectivity index (χ0v) is 16.3. The Bertz CT molecular complexity index is 1190. The van der Waals surface area contributed by atoms with Gasteiger partial charge in [-0.1, -0.05) is 54.6 Å². The van der Waals surface area contributed by atoms with Crippen LogP contribution in [0.2, 0.25) is 0 Å². The third-order valence-electron chi connectivity index (χ3n) is 6.35. The van der Waals surface area contributed by atoms with Crippen LogP contribution in [0.3, 0.4) is 0 Å². The van der Waals surface area contributed by atoms with Gasteiger partial charge in [0.1, 0.15) is 0 Å². The second-order valence-corrected chi connectivity index (χ2v) is 7.90. The molecule has 6 rings (SSSR count). The van der Waals surface area contributed by atoms with Gasteiger partial charge in [-0.25, -0.2) is 0 Å². The van der Waals surface area contributed by atoms with Crippen molar-refractivity contribution in [2.75, 3.05) is 5.32 Å². The summed E-state index contributed by atoms with van der Waals surface area (Å²) in [5, 5.41) is 24.0. The maximum absolute atomic E-state index is 13.4.